The van der Waals surface area contributed by atoms with Crippen molar-refractivity contribution >= 4 is 15.9 Å². The van der Waals surface area contributed by atoms with Crippen LogP contribution in [-0.2, 0) is 14.8 Å². The predicted molar refractivity (Wildman–Crippen MR) is 105 cm³/mol. The van der Waals surface area contributed by atoms with Crippen molar-refractivity contribution in [2.45, 2.75) is 30.2 Å². The molecule has 1 fully saturated rings. The average molecular weight is 401 g/mol. The first-order chi connectivity index (χ1) is 13.3. The van der Waals surface area contributed by atoms with Crippen molar-refractivity contribution in [3.05, 3.63) is 61.3 Å². The lowest BCUT2D eigenvalue weighted by Crippen LogP contribution is -2.53. The number of carbonyl (C=O) groups excluding carboxylic acids is 1. The van der Waals surface area contributed by atoms with Gasteiger partial charge in [0, 0.05) is 24.7 Å². The van der Waals surface area contributed by atoms with E-state index in [0.717, 1.165) is 0 Å². The molecule has 7 nitrogen and oxygen atoms in total. The van der Waals surface area contributed by atoms with Gasteiger partial charge in [0.05, 0.1) is 6.20 Å². The standard InChI is InChI=1S/C20H23N3O4S/c1-3-18(24)22-20(2)11-13-23(14-12-20)28(25,26)17-9-10-19(21-15-17)27-16-7-5-4-6-8-16/h3-10,15H,1,11-14H2,2H3,(H,22,24). The molecule has 1 saturated heterocycles. The summed E-state index contributed by atoms with van der Waals surface area (Å²) in [6, 6.07) is 12.2. The number of piperidine rings is 1. The number of pyridine rings is 1. The van der Waals surface area contributed by atoms with Gasteiger partial charge in [-0.05, 0) is 44.0 Å². The summed E-state index contributed by atoms with van der Waals surface area (Å²) in [5.74, 6) is 0.697. The largest absolute Gasteiger partial charge is 0.439 e. The zero-order valence-electron chi connectivity index (χ0n) is 15.7. The Kier molecular flexibility index (Phi) is 5.81. The van der Waals surface area contributed by atoms with E-state index < -0.39 is 15.6 Å². The van der Waals surface area contributed by atoms with E-state index in [1.54, 1.807) is 12.1 Å². The number of amides is 1. The summed E-state index contributed by atoms with van der Waals surface area (Å²) >= 11 is 0. The fourth-order valence-electron chi connectivity index (χ4n) is 3.03. The molecular formula is C20H23N3O4S. The molecule has 1 aliphatic rings. The molecule has 0 atom stereocenters. The van der Waals surface area contributed by atoms with Crippen LogP contribution in [0.3, 0.4) is 0 Å². The van der Waals surface area contributed by atoms with Crippen LogP contribution in [0.1, 0.15) is 19.8 Å². The summed E-state index contributed by atoms with van der Waals surface area (Å²) in [7, 11) is -3.65. The molecule has 0 unspecified atom stereocenters. The second-order valence-electron chi connectivity index (χ2n) is 6.91. The summed E-state index contributed by atoms with van der Waals surface area (Å²) in [5.41, 5.74) is -0.442. The highest BCUT2D eigenvalue weighted by molar-refractivity contribution is 7.89. The minimum absolute atomic E-state index is 0.117. The molecule has 3 rings (SSSR count). The lowest BCUT2D eigenvalue weighted by molar-refractivity contribution is -0.118. The number of sulfonamides is 1. The SMILES string of the molecule is C=CC(=O)NC1(C)CCN(S(=O)(=O)c2ccc(Oc3ccccc3)nc2)CC1. The maximum Gasteiger partial charge on any atom is 0.244 e. The minimum Gasteiger partial charge on any atom is -0.439 e. The van der Waals surface area contributed by atoms with Gasteiger partial charge in [0.2, 0.25) is 21.8 Å². The quantitative estimate of drug-likeness (QED) is 0.752. The molecule has 2 aromatic rings. The molecule has 0 aliphatic carbocycles. The fraction of sp³-hybridized carbons (Fsp3) is 0.300. The first-order valence-corrected chi connectivity index (χ1v) is 10.4. The normalized spacial score (nSPS) is 16.9. The van der Waals surface area contributed by atoms with Gasteiger partial charge in [-0.3, -0.25) is 4.79 Å². The van der Waals surface area contributed by atoms with E-state index in [1.807, 2.05) is 25.1 Å². The van der Waals surface area contributed by atoms with Crippen molar-refractivity contribution in [2.24, 2.45) is 0 Å². The Morgan fingerprint density at radius 3 is 2.46 bits per heavy atom. The van der Waals surface area contributed by atoms with Crippen LogP contribution in [0.5, 0.6) is 11.6 Å². The van der Waals surface area contributed by atoms with Gasteiger partial charge in [0.15, 0.2) is 0 Å². The Hall–Kier alpha value is -2.71. The second kappa shape index (κ2) is 8.12. The number of benzene rings is 1. The van der Waals surface area contributed by atoms with Crippen LogP contribution < -0.4 is 10.1 Å². The van der Waals surface area contributed by atoms with E-state index >= 15 is 0 Å². The van der Waals surface area contributed by atoms with Crippen molar-refractivity contribution in [2.75, 3.05) is 13.1 Å². The van der Waals surface area contributed by atoms with E-state index in [0.29, 0.717) is 37.6 Å². The Balaban J connectivity index is 1.66. The van der Waals surface area contributed by atoms with Crippen LogP contribution in [0.25, 0.3) is 0 Å². The first-order valence-electron chi connectivity index (χ1n) is 8.96. The zero-order chi connectivity index (χ0) is 20.2. The lowest BCUT2D eigenvalue weighted by Gasteiger charge is -2.39. The van der Waals surface area contributed by atoms with Gasteiger partial charge in [-0.25, -0.2) is 13.4 Å². The summed E-state index contributed by atoms with van der Waals surface area (Å²) in [5, 5.41) is 2.88. The Morgan fingerprint density at radius 2 is 1.89 bits per heavy atom. The number of rotatable bonds is 6. The highest BCUT2D eigenvalue weighted by Crippen LogP contribution is 2.27. The van der Waals surface area contributed by atoms with Crippen molar-refractivity contribution < 1.29 is 17.9 Å². The second-order valence-corrected chi connectivity index (χ2v) is 8.84. The molecule has 1 aliphatic heterocycles. The number of carbonyl (C=O) groups is 1. The Bertz CT molecular complexity index is 935. The molecule has 28 heavy (non-hydrogen) atoms. The van der Waals surface area contributed by atoms with Crippen molar-refractivity contribution in [3.63, 3.8) is 0 Å². The van der Waals surface area contributed by atoms with Gasteiger partial charge in [0.25, 0.3) is 0 Å². The van der Waals surface area contributed by atoms with Crippen LogP contribution in [0.4, 0.5) is 0 Å². The molecule has 1 aromatic heterocycles. The number of aromatic nitrogens is 1. The number of hydrogen-bond acceptors (Lipinski definition) is 5. The monoisotopic (exact) mass is 401 g/mol. The molecule has 1 N–H and O–H groups in total. The fourth-order valence-corrected chi connectivity index (χ4v) is 4.42. The van der Waals surface area contributed by atoms with E-state index in [4.69, 9.17) is 4.74 Å². The zero-order valence-corrected chi connectivity index (χ0v) is 16.5. The summed E-state index contributed by atoms with van der Waals surface area (Å²) in [6.45, 7) is 6.00. The van der Waals surface area contributed by atoms with Gasteiger partial charge in [0.1, 0.15) is 10.6 Å². The van der Waals surface area contributed by atoms with Gasteiger partial charge < -0.3 is 10.1 Å². The maximum atomic E-state index is 12.9. The van der Waals surface area contributed by atoms with Crippen LogP contribution >= 0.6 is 0 Å². The van der Waals surface area contributed by atoms with Crippen molar-refractivity contribution in [1.82, 2.24) is 14.6 Å². The maximum absolute atomic E-state index is 12.9. The molecule has 1 aromatic carbocycles. The van der Waals surface area contributed by atoms with E-state index in [2.05, 4.69) is 16.9 Å². The molecule has 2 heterocycles. The third-order valence-corrected chi connectivity index (χ3v) is 6.63. The predicted octanol–water partition coefficient (Wildman–Crippen LogP) is 2.72. The number of nitrogens with zero attached hydrogens (tertiary/aromatic N) is 2. The highest BCUT2D eigenvalue weighted by atomic mass is 32.2. The van der Waals surface area contributed by atoms with Gasteiger partial charge in [-0.1, -0.05) is 24.8 Å². The number of ether oxygens (including phenoxy) is 1. The van der Waals surface area contributed by atoms with Gasteiger partial charge >= 0.3 is 0 Å². The summed E-state index contributed by atoms with van der Waals surface area (Å²) in [4.78, 5) is 15.8. The number of para-hydroxylation sites is 1. The molecule has 1 amide bonds. The molecule has 8 heteroatoms. The van der Waals surface area contributed by atoms with Crippen LogP contribution in [0, 0.1) is 0 Å². The number of nitrogens with one attached hydrogen (secondary N) is 1. The lowest BCUT2D eigenvalue weighted by atomic mass is 9.90. The average Bonchev–Trinajstić information content (AvgIpc) is 2.69. The van der Waals surface area contributed by atoms with Crippen LogP contribution in [-0.4, -0.2) is 42.2 Å². The first kappa shape index (κ1) is 20.0. The third kappa shape index (κ3) is 4.58. The van der Waals surface area contributed by atoms with E-state index in [9.17, 15) is 13.2 Å². The Labute approximate surface area is 165 Å². The Morgan fingerprint density at radius 1 is 1.21 bits per heavy atom. The molecule has 0 spiro atoms. The summed E-state index contributed by atoms with van der Waals surface area (Å²) < 4.78 is 32.8. The smallest absolute Gasteiger partial charge is 0.244 e. The van der Waals surface area contributed by atoms with Gasteiger partial charge in [-0.2, -0.15) is 4.31 Å². The molecular weight excluding hydrogens is 378 g/mol. The molecule has 0 saturated carbocycles. The highest BCUT2D eigenvalue weighted by Gasteiger charge is 2.36. The molecule has 148 valence electrons. The van der Waals surface area contributed by atoms with Crippen LogP contribution in [0.15, 0.2) is 66.2 Å². The van der Waals surface area contributed by atoms with Crippen molar-refractivity contribution in [3.8, 4) is 11.6 Å². The van der Waals surface area contributed by atoms with Crippen LogP contribution in [0.2, 0.25) is 0 Å². The van der Waals surface area contributed by atoms with E-state index in [1.165, 1.54) is 28.7 Å². The minimum atomic E-state index is -3.65. The molecule has 0 radical (unpaired) electrons. The third-order valence-electron chi connectivity index (χ3n) is 4.75. The topological polar surface area (TPSA) is 88.6 Å². The van der Waals surface area contributed by atoms with Crippen molar-refractivity contribution in [1.29, 1.82) is 0 Å². The van der Waals surface area contributed by atoms with E-state index in [-0.39, 0.29) is 10.8 Å². The van der Waals surface area contributed by atoms with Gasteiger partial charge in [-0.15, -0.1) is 0 Å². The number of hydrogen-bond donors (Lipinski definition) is 1. The molecule has 0 bridgehead atoms. The summed E-state index contributed by atoms with van der Waals surface area (Å²) in [6.07, 6.45) is 3.57.